The quantitative estimate of drug-likeness (QED) is 0.223. The van der Waals surface area contributed by atoms with Crippen LogP contribution in [0.1, 0.15) is 12.8 Å². The molecular formula is C12H12O2. The Morgan fingerprint density at radius 1 is 1.21 bits per heavy atom. The lowest BCUT2D eigenvalue weighted by Crippen LogP contribution is -1.83. The van der Waals surface area contributed by atoms with Crippen LogP contribution in [0.2, 0.25) is 0 Å². The summed E-state index contributed by atoms with van der Waals surface area (Å²) in [6.07, 6.45) is 14.6. The van der Waals surface area contributed by atoms with Crippen LogP contribution in [0.25, 0.3) is 0 Å². The number of carbonyl (C=O) groups is 2. The summed E-state index contributed by atoms with van der Waals surface area (Å²) in [5.74, 6) is 0. The van der Waals surface area contributed by atoms with E-state index in [4.69, 9.17) is 0 Å². The van der Waals surface area contributed by atoms with Crippen LogP contribution in [0.3, 0.4) is 0 Å². The minimum Gasteiger partial charge on any atom is -0.298 e. The molecule has 72 valence electrons. The molecular weight excluding hydrogens is 176 g/mol. The Balaban J connectivity index is 2.59. The summed E-state index contributed by atoms with van der Waals surface area (Å²) in [5.41, 5.74) is 1.27. The maximum absolute atomic E-state index is 10.3. The van der Waals surface area contributed by atoms with E-state index in [0.29, 0.717) is 12.6 Å². The second kappa shape index (κ2) is 5.86. The normalized spacial score (nSPS) is 15.0. The van der Waals surface area contributed by atoms with Gasteiger partial charge in [0.25, 0.3) is 0 Å². The molecule has 0 atom stereocenters. The zero-order valence-corrected chi connectivity index (χ0v) is 7.85. The summed E-state index contributed by atoms with van der Waals surface area (Å²) in [6, 6.07) is 0. The summed E-state index contributed by atoms with van der Waals surface area (Å²) in [4.78, 5) is 20.5. The van der Waals surface area contributed by atoms with Crippen molar-refractivity contribution in [1.29, 1.82) is 0 Å². The van der Waals surface area contributed by atoms with Gasteiger partial charge in [0.2, 0.25) is 0 Å². The first kappa shape index (κ1) is 10.4. The lowest BCUT2D eigenvalue weighted by Gasteiger charge is -1.99. The van der Waals surface area contributed by atoms with Crippen LogP contribution in [0, 0.1) is 0 Å². The Morgan fingerprint density at radius 3 is 2.57 bits per heavy atom. The van der Waals surface area contributed by atoms with Gasteiger partial charge in [-0.3, -0.25) is 9.59 Å². The van der Waals surface area contributed by atoms with Crippen LogP contribution >= 0.6 is 0 Å². The first-order chi connectivity index (χ1) is 6.86. The van der Waals surface area contributed by atoms with Gasteiger partial charge in [0, 0.05) is 0 Å². The summed E-state index contributed by atoms with van der Waals surface area (Å²) in [5, 5.41) is 0. The van der Waals surface area contributed by atoms with Gasteiger partial charge in [-0.2, -0.15) is 0 Å². The monoisotopic (exact) mass is 188 g/mol. The van der Waals surface area contributed by atoms with E-state index in [2.05, 4.69) is 12.2 Å². The van der Waals surface area contributed by atoms with E-state index < -0.39 is 0 Å². The van der Waals surface area contributed by atoms with Gasteiger partial charge in [-0.25, -0.2) is 0 Å². The van der Waals surface area contributed by atoms with Gasteiger partial charge >= 0.3 is 0 Å². The van der Waals surface area contributed by atoms with Gasteiger partial charge in [-0.15, -0.1) is 0 Å². The number of carbonyl (C=O) groups excluding carboxylic acids is 2. The molecule has 14 heavy (non-hydrogen) atoms. The maximum atomic E-state index is 10.3. The first-order valence-corrected chi connectivity index (χ1v) is 4.52. The third kappa shape index (κ3) is 3.35. The second-order valence-corrected chi connectivity index (χ2v) is 2.95. The van der Waals surface area contributed by atoms with Gasteiger partial charge < -0.3 is 0 Å². The summed E-state index contributed by atoms with van der Waals surface area (Å²) in [7, 11) is 0. The third-order valence-electron chi connectivity index (χ3n) is 1.87. The van der Waals surface area contributed by atoms with E-state index in [-0.39, 0.29) is 5.57 Å². The van der Waals surface area contributed by atoms with Crippen molar-refractivity contribution >= 4 is 12.6 Å². The predicted molar refractivity (Wildman–Crippen MR) is 55.8 cm³/mol. The zero-order chi connectivity index (χ0) is 10.2. The largest absolute Gasteiger partial charge is 0.298 e. The van der Waals surface area contributed by atoms with E-state index in [9.17, 15) is 9.59 Å². The average Bonchev–Trinajstić information content (AvgIpc) is 2.26. The van der Waals surface area contributed by atoms with Crippen molar-refractivity contribution in [3.63, 3.8) is 0 Å². The zero-order valence-electron chi connectivity index (χ0n) is 7.85. The van der Waals surface area contributed by atoms with Crippen LogP contribution in [0.5, 0.6) is 0 Å². The van der Waals surface area contributed by atoms with Crippen LogP contribution in [0.15, 0.2) is 47.6 Å². The van der Waals surface area contributed by atoms with Crippen molar-refractivity contribution in [3.8, 4) is 0 Å². The van der Waals surface area contributed by atoms with Gasteiger partial charge in [0.05, 0.1) is 5.57 Å². The lowest BCUT2D eigenvalue weighted by atomic mass is 10.1. The van der Waals surface area contributed by atoms with Gasteiger partial charge in [-0.1, -0.05) is 30.4 Å². The van der Waals surface area contributed by atoms with E-state index in [1.165, 1.54) is 6.08 Å². The van der Waals surface area contributed by atoms with Gasteiger partial charge in [0.1, 0.15) is 0 Å². The summed E-state index contributed by atoms with van der Waals surface area (Å²) in [6.45, 7) is 0. The first-order valence-electron chi connectivity index (χ1n) is 4.52. The molecule has 1 rings (SSSR count). The second-order valence-electron chi connectivity index (χ2n) is 2.95. The fourth-order valence-corrected chi connectivity index (χ4v) is 1.13. The minimum absolute atomic E-state index is 0.154. The van der Waals surface area contributed by atoms with Crippen molar-refractivity contribution in [2.75, 3.05) is 0 Å². The highest BCUT2D eigenvalue weighted by Gasteiger charge is 1.91. The molecule has 0 fully saturated rings. The Kier molecular flexibility index (Phi) is 4.35. The molecule has 2 nitrogen and oxygen atoms in total. The summed E-state index contributed by atoms with van der Waals surface area (Å²) >= 11 is 0. The Hall–Kier alpha value is -1.70. The number of hydrogen-bond acceptors (Lipinski definition) is 2. The molecule has 0 heterocycles. The van der Waals surface area contributed by atoms with E-state index in [1.807, 2.05) is 12.2 Å². The summed E-state index contributed by atoms with van der Waals surface area (Å²) < 4.78 is 0. The van der Waals surface area contributed by atoms with Crippen LogP contribution < -0.4 is 0 Å². The Labute approximate surface area is 83.3 Å². The Morgan fingerprint density at radius 2 is 2.00 bits per heavy atom. The van der Waals surface area contributed by atoms with Gasteiger partial charge in [-0.05, 0) is 24.5 Å². The molecule has 0 unspecified atom stereocenters. The molecule has 0 bridgehead atoms. The van der Waals surface area contributed by atoms with Crippen molar-refractivity contribution in [1.82, 2.24) is 0 Å². The third-order valence-corrected chi connectivity index (χ3v) is 1.87. The highest BCUT2D eigenvalue weighted by Crippen LogP contribution is 2.10. The number of allylic oxidation sites excluding steroid dienone is 8. The fourth-order valence-electron chi connectivity index (χ4n) is 1.13. The molecule has 1 aliphatic carbocycles. The van der Waals surface area contributed by atoms with Gasteiger partial charge in [0.15, 0.2) is 12.6 Å². The highest BCUT2D eigenvalue weighted by molar-refractivity contribution is 5.99. The number of aldehydes is 2. The van der Waals surface area contributed by atoms with E-state index in [1.54, 1.807) is 6.08 Å². The molecule has 0 aromatic heterocycles. The van der Waals surface area contributed by atoms with E-state index in [0.717, 1.165) is 18.4 Å². The minimum atomic E-state index is 0.154. The Bertz CT molecular complexity index is 320. The molecule has 0 N–H and O–H groups in total. The van der Waals surface area contributed by atoms with Crippen molar-refractivity contribution in [2.24, 2.45) is 0 Å². The highest BCUT2D eigenvalue weighted by atomic mass is 16.1. The molecule has 0 radical (unpaired) electrons. The van der Waals surface area contributed by atoms with Crippen molar-refractivity contribution < 1.29 is 9.59 Å². The SMILES string of the molecule is O=CC(C=O)=C/C=C/C1=CCCC=C1. The standard InChI is InChI=1S/C12H12O2/c13-9-12(10-14)8-4-7-11-5-2-1-3-6-11/h2,4-10H,1,3H2/b7-4+. The molecule has 0 aromatic rings. The topological polar surface area (TPSA) is 34.1 Å². The molecule has 2 heteroatoms. The molecule has 0 saturated carbocycles. The smallest absolute Gasteiger partial charge is 0.153 e. The van der Waals surface area contributed by atoms with Crippen molar-refractivity contribution in [3.05, 3.63) is 47.6 Å². The van der Waals surface area contributed by atoms with Crippen molar-refractivity contribution in [2.45, 2.75) is 12.8 Å². The molecule has 0 saturated heterocycles. The van der Waals surface area contributed by atoms with Crippen LogP contribution in [-0.4, -0.2) is 12.6 Å². The molecule has 0 spiro atoms. The number of rotatable bonds is 4. The van der Waals surface area contributed by atoms with Crippen LogP contribution in [-0.2, 0) is 9.59 Å². The lowest BCUT2D eigenvalue weighted by molar-refractivity contribution is -0.109. The van der Waals surface area contributed by atoms with Crippen LogP contribution in [0.4, 0.5) is 0 Å². The van der Waals surface area contributed by atoms with E-state index >= 15 is 0 Å². The maximum Gasteiger partial charge on any atom is 0.153 e. The molecule has 0 aromatic carbocycles. The molecule has 0 amide bonds. The number of hydrogen-bond donors (Lipinski definition) is 0. The molecule has 0 aliphatic heterocycles. The average molecular weight is 188 g/mol. The molecule has 1 aliphatic rings. The fraction of sp³-hybridized carbons (Fsp3) is 0.167. The predicted octanol–water partition coefficient (Wildman–Crippen LogP) is 2.14.